The molecule has 0 saturated carbocycles. The topological polar surface area (TPSA) is 79.5 Å². The SMILES string of the molecule is Cc1cccc(NC(N)=NCCNC(=O)c2ccc(Cl)cc2)c1. The van der Waals surface area contributed by atoms with E-state index in [2.05, 4.69) is 15.6 Å². The smallest absolute Gasteiger partial charge is 0.251 e. The molecule has 0 heterocycles. The molecule has 0 bridgehead atoms. The lowest BCUT2D eigenvalue weighted by atomic mass is 10.2. The second-order valence-electron chi connectivity index (χ2n) is 5.02. The Morgan fingerprint density at radius 3 is 2.65 bits per heavy atom. The average Bonchev–Trinajstić information content (AvgIpc) is 2.52. The number of halogens is 1. The van der Waals surface area contributed by atoms with Gasteiger partial charge in [-0.15, -0.1) is 0 Å². The van der Waals surface area contributed by atoms with Crippen LogP contribution in [0.1, 0.15) is 15.9 Å². The predicted octanol–water partition coefficient (Wildman–Crippen LogP) is 2.81. The van der Waals surface area contributed by atoms with E-state index in [0.717, 1.165) is 11.3 Å². The van der Waals surface area contributed by atoms with Gasteiger partial charge in [0.2, 0.25) is 0 Å². The van der Waals surface area contributed by atoms with Crippen LogP contribution < -0.4 is 16.4 Å². The van der Waals surface area contributed by atoms with Gasteiger partial charge in [0.1, 0.15) is 0 Å². The van der Waals surface area contributed by atoms with Crippen molar-refractivity contribution >= 4 is 29.2 Å². The monoisotopic (exact) mass is 330 g/mol. The normalized spacial score (nSPS) is 11.1. The van der Waals surface area contributed by atoms with Gasteiger partial charge in [-0.2, -0.15) is 0 Å². The zero-order valence-corrected chi connectivity index (χ0v) is 13.6. The summed E-state index contributed by atoms with van der Waals surface area (Å²) >= 11 is 5.78. The van der Waals surface area contributed by atoms with Gasteiger partial charge >= 0.3 is 0 Å². The van der Waals surface area contributed by atoms with Crippen molar-refractivity contribution in [3.63, 3.8) is 0 Å². The summed E-state index contributed by atoms with van der Waals surface area (Å²) in [4.78, 5) is 16.1. The van der Waals surface area contributed by atoms with E-state index in [1.54, 1.807) is 24.3 Å². The van der Waals surface area contributed by atoms with Gasteiger partial charge < -0.3 is 16.4 Å². The Morgan fingerprint density at radius 1 is 1.22 bits per heavy atom. The van der Waals surface area contributed by atoms with Crippen molar-refractivity contribution in [3.05, 3.63) is 64.7 Å². The van der Waals surface area contributed by atoms with E-state index in [-0.39, 0.29) is 5.91 Å². The molecule has 4 N–H and O–H groups in total. The maximum absolute atomic E-state index is 11.9. The molecule has 5 nitrogen and oxygen atoms in total. The van der Waals surface area contributed by atoms with Crippen LogP contribution in [-0.2, 0) is 0 Å². The van der Waals surface area contributed by atoms with E-state index in [9.17, 15) is 4.79 Å². The third kappa shape index (κ3) is 5.64. The first-order valence-electron chi connectivity index (χ1n) is 7.22. The number of aryl methyl sites for hydroxylation is 1. The minimum atomic E-state index is -0.165. The minimum absolute atomic E-state index is 0.165. The van der Waals surface area contributed by atoms with Gasteiger partial charge in [-0.05, 0) is 48.9 Å². The van der Waals surface area contributed by atoms with Gasteiger partial charge in [0.25, 0.3) is 5.91 Å². The molecule has 0 radical (unpaired) electrons. The zero-order valence-electron chi connectivity index (χ0n) is 12.8. The summed E-state index contributed by atoms with van der Waals surface area (Å²) in [5.74, 6) is 0.151. The Morgan fingerprint density at radius 2 is 1.96 bits per heavy atom. The number of hydrogen-bond acceptors (Lipinski definition) is 2. The lowest BCUT2D eigenvalue weighted by molar-refractivity contribution is 0.0955. The number of amides is 1. The van der Waals surface area contributed by atoms with Crippen LogP contribution in [0.2, 0.25) is 5.02 Å². The second-order valence-corrected chi connectivity index (χ2v) is 5.46. The fourth-order valence-corrected chi connectivity index (χ4v) is 2.09. The van der Waals surface area contributed by atoms with Crippen molar-refractivity contribution in [2.24, 2.45) is 10.7 Å². The third-order valence-corrected chi connectivity index (χ3v) is 3.33. The molecule has 2 rings (SSSR count). The molecule has 0 aromatic heterocycles. The largest absolute Gasteiger partial charge is 0.370 e. The first-order chi connectivity index (χ1) is 11.0. The zero-order chi connectivity index (χ0) is 16.7. The fraction of sp³-hybridized carbons (Fsp3) is 0.176. The number of benzene rings is 2. The molecule has 0 aliphatic carbocycles. The molecule has 0 aliphatic rings. The van der Waals surface area contributed by atoms with Crippen LogP contribution in [0.25, 0.3) is 0 Å². The molecule has 0 fully saturated rings. The van der Waals surface area contributed by atoms with Crippen LogP contribution in [-0.4, -0.2) is 25.0 Å². The first-order valence-corrected chi connectivity index (χ1v) is 7.60. The Labute approximate surface area is 140 Å². The highest BCUT2D eigenvalue weighted by Gasteiger charge is 2.03. The summed E-state index contributed by atoms with van der Waals surface area (Å²) in [5.41, 5.74) is 8.39. The molecule has 1 amide bonds. The van der Waals surface area contributed by atoms with Crippen LogP contribution >= 0.6 is 11.6 Å². The molecular formula is C17H19ClN4O. The highest BCUT2D eigenvalue weighted by atomic mass is 35.5. The number of anilines is 1. The number of nitrogens with two attached hydrogens (primary N) is 1. The fourth-order valence-electron chi connectivity index (χ4n) is 1.96. The van der Waals surface area contributed by atoms with Gasteiger partial charge in [-0.1, -0.05) is 23.7 Å². The minimum Gasteiger partial charge on any atom is -0.370 e. The summed E-state index contributed by atoms with van der Waals surface area (Å²) in [6.07, 6.45) is 0. The van der Waals surface area contributed by atoms with E-state index in [1.165, 1.54) is 0 Å². The van der Waals surface area contributed by atoms with E-state index in [0.29, 0.717) is 29.6 Å². The van der Waals surface area contributed by atoms with Crippen LogP contribution in [0.3, 0.4) is 0 Å². The number of hydrogen-bond donors (Lipinski definition) is 3. The summed E-state index contributed by atoms with van der Waals surface area (Å²) < 4.78 is 0. The molecule has 23 heavy (non-hydrogen) atoms. The number of rotatable bonds is 5. The van der Waals surface area contributed by atoms with Crippen LogP contribution in [0.5, 0.6) is 0 Å². The highest BCUT2D eigenvalue weighted by molar-refractivity contribution is 6.30. The summed E-state index contributed by atoms with van der Waals surface area (Å²) in [7, 11) is 0. The van der Waals surface area contributed by atoms with E-state index < -0.39 is 0 Å². The molecule has 2 aromatic rings. The number of guanidine groups is 1. The van der Waals surface area contributed by atoms with Crippen molar-refractivity contribution in [3.8, 4) is 0 Å². The number of nitrogens with one attached hydrogen (secondary N) is 2. The molecule has 0 spiro atoms. The average molecular weight is 331 g/mol. The summed E-state index contributed by atoms with van der Waals surface area (Å²) in [6.45, 7) is 2.80. The Kier molecular flexibility index (Phi) is 6.00. The van der Waals surface area contributed by atoms with Crippen LogP contribution in [0.15, 0.2) is 53.5 Å². The lowest BCUT2D eigenvalue weighted by Crippen LogP contribution is -2.28. The van der Waals surface area contributed by atoms with Crippen LogP contribution in [0.4, 0.5) is 5.69 Å². The van der Waals surface area contributed by atoms with Crippen molar-refractivity contribution in [2.45, 2.75) is 6.92 Å². The maximum Gasteiger partial charge on any atom is 0.251 e. The number of carbonyl (C=O) groups is 1. The molecule has 0 atom stereocenters. The highest BCUT2D eigenvalue weighted by Crippen LogP contribution is 2.09. The maximum atomic E-state index is 11.9. The Balaban J connectivity index is 1.77. The second kappa shape index (κ2) is 8.19. The Bertz CT molecular complexity index is 698. The number of carbonyl (C=O) groups excluding carboxylic acids is 1. The van der Waals surface area contributed by atoms with Crippen molar-refractivity contribution in [1.29, 1.82) is 0 Å². The van der Waals surface area contributed by atoms with Gasteiger partial charge in [0.05, 0.1) is 6.54 Å². The Hall–Kier alpha value is -2.53. The molecule has 0 unspecified atom stereocenters. The van der Waals surface area contributed by atoms with Gasteiger partial charge in [-0.25, -0.2) is 0 Å². The molecule has 0 aliphatic heterocycles. The van der Waals surface area contributed by atoms with Crippen molar-refractivity contribution < 1.29 is 4.79 Å². The molecule has 6 heteroatoms. The standard InChI is InChI=1S/C17H19ClN4O/c1-12-3-2-4-15(11-12)22-17(19)21-10-9-20-16(23)13-5-7-14(18)8-6-13/h2-8,11H,9-10H2,1H3,(H,20,23)(H3,19,21,22). The quantitative estimate of drug-likeness (QED) is 0.448. The summed E-state index contributed by atoms with van der Waals surface area (Å²) in [6, 6.07) is 14.5. The predicted molar refractivity (Wildman–Crippen MR) is 95.1 cm³/mol. The molecular weight excluding hydrogens is 312 g/mol. The van der Waals surface area contributed by atoms with Gasteiger partial charge in [-0.3, -0.25) is 9.79 Å². The van der Waals surface area contributed by atoms with Crippen molar-refractivity contribution in [2.75, 3.05) is 18.4 Å². The molecule has 0 saturated heterocycles. The van der Waals surface area contributed by atoms with E-state index in [4.69, 9.17) is 17.3 Å². The van der Waals surface area contributed by atoms with E-state index >= 15 is 0 Å². The number of nitrogens with zero attached hydrogens (tertiary/aromatic N) is 1. The third-order valence-electron chi connectivity index (χ3n) is 3.08. The summed E-state index contributed by atoms with van der Waals surface area (Å²) in [5, 5.41) is 6.38. The lowest BCUT2D eigenvalue weighted by Gasteiger charge is -2.07. The first kappa shape index (κ1) is 16.8. The number of aliphatic imine (C=N–C) groups is 1. The van der Waals surface area contributed by atoms with E-state index in [1.807, 2.05) is 31.2 Å². The van der Waals surface area contributed by atoms with Gasteiger partial charge in [0.15, 0.2) is 5.96 Å². The van der Waals surface area contributed by atoms with Crippen LogP contribution in [0, 0.1) is 6.92 Å². The molecule has 120 valence electrons. The molecule has 2 aromatic carbocycles. The van der Waals surface area contributed by atoms with Crippen molar-refractivity contribution in [1.82, 2.24) is 5.32 Å². The van der Waals surface area contributed by atoms with Gasteiger partial charge in [0, 0.05) is 22.8 Å².